The van der Waals surface area contributed by atoms with Gasteiger partial charge in [0.1, 0.15) is 0 Å². The number of hydrogen-bond donors (Lipinski definition) is 0. The molecule has 5 heteroatoms. The molecule has 4 atom stereocenters. The van der Waals surface area contributed by atoms with E-state index in [1.165, 1.54) is 43.5 Å². The number of hydrogen-bond acceptors (Lipinski definition) is 2. The number of carbonyl (C=O) groups is 1. The molecular formula is C31H35F3O2. The molecule has 2 saturated carbocycles. The lowest BCUT2D eigenvalue weighted by Crippen LogP contribution is -2.30. The van der Waals surface area contributed by atoms with E-state index in [0.29, 0.717) is 30.2 Å². The van der Waals surface area contributed by atoms with Gasteiger partial charge in [0, 0.05) is 0 Å². The van der Waals surface area contributed by atoms with Crippen LogP contribution in [0, 0.1) is 35.2 Å². The molecule has 192 valence electrons. The van der Waals surface area contributed by atoms with Crippen molar-refractivity contribution in [2.24, 2.45) is 17.8 Å². The van der Waals surface area contributed by atoms with Crippen LogP contribution < -0.4 is 4.74 Å². The average Bonchev–Trinajstić information content (AvgIpc) is 2.88. The Hall–Kier alpha value is -2.82. The molecule has 2 aliphatic rings. The van der Waals surface area contributed by atoms with Crippen LogP contribution in [0.15, 0.2) is 55.6 Å². The summed E-state index contributed by atoms with van der Waals surface area (Å²) in [5.41, 5.74) is 0.533. The van der Waals surface area contributed by atoms with Crippen molar-refractivity contribution in [1.82, 2.24) is 0 Å². The normalized spacial score (nSPS) is 23.5. The van der Waals surface area contributed by atoms with Crippen molar-refractivity contribution in [2.45, 2.75) is 70.1 Å². The van der Waals surface area contributed by atoms with Gasteiger partial charge in [-0.05, 0) is 111 Å². The van der Waals surface area contributed by atoms with Crippen molar-refractivity contribution >= 4 is 5.97 Å². The molecule has 0 amide bonds. The van der Waals surface area contributed by atoms with Gasteiger partial charge in [0.2, 0.25) is 0 Å². The number of esters is 1. The fraction of sp³-hybridized carbons (Fsp3) is 0.452. The third-order valence-electron chi connectivity index (χ3n) is 8.11. The molecule has 0 spiro atoms. The van der Waals surface area contributed by atoms with Crippen molar-refractivity contribution in [3.63, 3.8) is 0 Å². The first kappa shape index (κ1) is 26.2. The minimum atomic E-state index is -1.23. The zero-order valence-electron chi connectivity index (χ0n) is 20.8. The maximum atomic E-state index is 15.1. The quantitative estimate of drug-likeness (QED) is 0.197. The number of ether oxygens (including phenoxy) is 1. The van der Waals surface area contributed by atoms with Crippen LogP contribution in [0.2, 0.25) is 0 Å². The predicted molar refractivity (Wildman–Crippen MR) is 137 cm³/mol. The zero-order valence-corrected chi connectivity index (χ0v) is 20.8. The fourth-order valence-corrected chi connectivity index (χ4v) is 6.13. The molecule has 2 nitrogen and oxygen atoms in total. The monoisotopic (exact) mass is 496 g/mol. The Morgan fingerprint density at radius 3 is 2.42 bits per heavy atom. The molecule has 0 bridgehead atoms. The SMILES string of the molecule is C=CCCc1ccc(OC(=O)c2ccc(C3CCC4CC(CCC=C)CCC4C3)c(F)c2F)c(F)c1. The van der Waals surface area contributed by atoms with Gasteiger partial charge in [-0.3, -0.25) is 0 Å². The van der Waals surface area contributed by atoms with Crippen LogP contribution in [0.5, 0.6) is 5.75 Å². The van der Waals surface area contributed by atoms with Crippen LogP contribution in [0.4, 0.5) is 13.2 Å². The Labute approximate surface area is 212 Å². The zero-order chi connectivity index (χ0) is 25.7. The van der Waals surface area contributed by atoms with E-state index in [4.69, 9.17) is 4.74 Å². The smallest absolute Gasteiger partial charge is 0.346 e. The second-order valence-electron chi connectivity index (χ2n) is 10.4. The van der Waals surface area contributed by atoms with Gasteiger partial charge in [0.15, 0.2) is 23.2 Å². The number of allylic oxidation sites excluding steroid dienone is 2. The van der Waals surface area contributed by atoms with Crippen LogP contribution in [0.25, 0.3) is 0 Å². The standard InChI is InChI=1S/C31H35F3O2/c1-3-5-7-20-9-11-23-19-24(13-12-22(23)17-20)25-14-15-26(30(34)29(25)33)31(35)36-28-16-10-21(8-6-4-2)18-27(28)32/h3-4,10,14-16,18,20,22-24H,1-2,5-9,11-13,17,19H2. The summed E-state index contributed by atoms with van der Waals surface area (Å²) in [6.07, 6.45) is 13.5. The van der Waals surface area contributed by atoms with Gasteiger partial charge < -0.3 is 4.74 Å². The lowest BCUT2D eigenvalue weighted by atomic mass is 9.63. The number of benzene rings is 2. The fourth-order valence-electron chi connectivity index (χ4n) is 6.13. The minimum Gasteiger partial charge on any atom is -0.420 e. The van der Waals surface area contributed by atoms with Crippen LogP contribution in [-0.2, 0) is 6.42 Å². The first-order valence-electron chi connectivity index (χ1n) is 13.1. The summed E-state index contributed by atoms with van der Waals surface area (Å²) in [6.45, 7) is 7.46. The van der Waals surface area contributed by atoms with Crippen LogP contribution in [-0.4, -0.2) is 5.97 Å². The van der Waals surface area contributed by atoms with Crippen molar-refractivity contribution in [1.29, 1.82) is 0 Å². The van der Waals surface area contributed by atoms with E-state index in [2.05, 4.69) is 13.2 Å². The van der Waals surface area contributed by atoms with E-state index in [0.717, 1.165) is 43.6 Å². The van der Waals surface area contributed by atoms with E-state index >= 15 is 4.39 Å². The van der Waals surface area contributed by atoms with Crippen molar-refractivity contribution in [2.75, 3.05) is 0 Å². The number of halogens is 3. The Morgan fingerprint density at radius 1 is 0.917 bits per heavy atom. The lowest BCUT2D eigenvalue weighted by Gasteiger charge is -2.42. The van der Waals surface area contributed by atoms with E-state index in [1.807, 2.05) is 6.08 Å². The van der Waals surface area contributed by atoms with Gasteiger partial charge in [0.25, 0.3) is 0 Å². The van der Waals surface area contributed by atoms with Crippen molar-refractivity contribution < 1.29 is 22.7 Å². The average molecular weight is 497 g/mol. The van der Waals surface area contributed by atoms with Gasteiger partial charge in [-0.2, -0.15) is 0 Å². The predicted octanol–water partition coefficient (Wildman–Crippen LogP) is 8.71. The number of fused-ring (bicyclic) bond motifs is 1. The topological polar surface area (TPSA) is 26.3 Å². The summed E-state index contributed by atoms with van der Waals surface area (Å²) in [5.74, 6) is -2.49. The molecule has 0 aromatic heterocycles. The second kappa shape index (κ2) is 11.9. The van der Waals surface area contributed by atoms with Crippen molar-refractivity contribution in [3.05, 3.63) is 89.8 Å². The molecule has 4 rings (SSSR count). The van der Waals surface area contributed by atoms with Gasteiger partial charge in [-0.25, -0.2) is 18.0 Å². The Balaban J connectivity index is 1.42. The summed E-state index contributed by atoms with van der Waals surface area (Å²) >= 11 is 0. The van der Waals surface area contributed by atoms with Gasteiger partial charge >= 0.3 is 5.97 Å². The van der Waals surface area contributed by atoms with E-state index in [-0.39, 0.29) is 11.7 Å². The summed E-state index contributed by atoms with van der Waals surface area (Å²) in [7, 11) is 0. The molecule has 2 fully saturated rings. The molecule has 4 unspecified atom stereocenters. The van der Waals surface area contributed by atoms with Crippen LogP contribution >= 0.6 is 0 Å². The third kappa shape index (κ3) is 5.93. The summed E-state index contributed by atoms with van der Waals surface area (Å²) in [5, 5.41) is 0. The van der Waals surface area contributed by atoms with Gasteiger partial charge in [-0.1, -0.05) is 30.7 Å². The van der Waals surface area contributed by atoms with Crippen LogP contribution in [0.3, 0.4) is 0 Å². The molecule has 0 saturated heterocycles. The lowest BCUT2D eigenvalue weighted by molar-refractivity contribution is 0.0721. The van der Waals surface area contributed by atoms with E-state index < -0.39 is 29.0 Å². The van der Waals surface area contributed by atoms with Crippen molar-refractivity contribution in [3.8, 4) is 5.75 Å². The molecule has 0 aliphatic heterocycles. The van der Waals surface area contributed by atoms with Gasteiger partial charge in [0.05, 0.1) is 5.56 Å². The highest BCUT2D eigenvalue weighted by Gasteiger charge is 2.37. The highest BCUT2D eigenvalue weighted by atomic mass is 19.2. The van der Waals surface area contributed by atoms with Gasteiger partial charge in [-0.15, -0.1) is 13.2 Å². The highest BCUT2D eigenvalue weighted by Crippen LogP contribution is 2.49. The first-order chi connectivity index (χ1) is 17.4. The highest BCUT2D eigenvalue weighted by molar-refractivity contribution is 5.91. The third-order valence-corrected chi connectivity index (χ3v) is 8.11. The summed E-state index contributed by atoms with van der Waals surface area (Å²) < 4.78 is 49.6. The maximum absolute atomic E-state index is 15.1. The molecule has 2 aliphatic carbocycles. The number of aryl methyl sites for hydroxylation is 1. The first-order valence-corrected chi connectivity index (χ1v) is 13.1. The Morgan fingerprint density at radius 2 is 1.67 bits per heavy atom. The summed E-state index contributed by atoms with van der Waals surface area (Å²) in [6, 6.07) is 7.02. The largest absolute Gasteiger partial charge is 0.420 e. The Bertz CT molecular complexity index is 1110. The molecule has 36 heavy (non-hydrogen) atoms. The molecule has 0 N–H and O–H groups in total. The maximum Gasteiger partial charge on any atom is 0.346 e. The second-order valence-corrected chi connectivity index (χ2v) is 10.4. The number of rotatable bonds is 9. The summed E-state index contributed by atoms with van der Waals surface area (Å²) in [4.78, 5) is 12.6. The molecule has 0 radical (unpaired) electrons. The van der Waals surface area contributed by atoms with Crippen LogP contribution in [0.1, 0.15) is 85.2 Å². The molecular weight excluding hydrogens is 461 g/mol. The molecule has 2 aromatic carbocycles. The minimum absolute atomic E-state index is 0.0592. The van der Waals surface area contributed by atoms with E-state index in [9.17, 15) is 13.6 Å². The molecule has 0 heterocycles. The number of carbonyl (C=O) groups excluding carboxylic acids is 1. The van der Waals surface area contributed by atoms with E-state index in [1.54, 1.807) is 12.1 Å². The Kier molecular flexibility index (Phi) is 8.71. The molecule has 2 aromatic rings.